The molecule has 0 unspecified atom stereocenters. The SMILES string of the molecule is CC[C@@H](C(=O)NC1CCCCC1)N(Cc1ccc(OC)cc1)C(=O)CCCOc1ccccc1. The van der Waals surface area contributed by atoms with Gasteiger partial charge in [-0.25, -0.2) is 0 Å². The molecule has 1 aliphatic rings. The van der Waals surface area contributed by atoms with Crippen LogP contribution in [0.3, 0.4) is 0 Å². The molecule has 0 heterocycles. The Kier molecular flexibility index (Phi) is 10.3. The fraction of sp³-hybridized carbons (Fsp3) is 0.500. The van der Waals surface area contributed by atoms with Gasteiger partial charge in [0.05, 0.1) is 13.7 Å². The molecule has 1 N–H and O–H groups in total. The number of ether oxygens (including phenoxy) is 2. The molecule has 0 radical (unpaired) electrons. The molecule has 0 aliphatic heterocycles. The lowest BCUT2D eigenvalue weighted by molar-refractivity contribution is -0.142. The van der Waals surface area contributed by atoms with Gasteiger partial charge in [0.2, 0.25) is 11.8 Å². The summed E-state index contributed by atoms with van der Waals surface area (Å²) >= 11 is 0. The van der Waals surface area contributed by atoms with E-state index in [-0.39, 0.29) is 17.9 Å². The van der Waals surface area contributed by atoms with Crippen LogP contribution in [0.5, 0.6) is 11.5 Å². The summed E-state index contributed by atoms with van der Waals surface area (Å²) in [6.45, 7) is 2.81. The van der Waals surface area contributed by atoms with Crippen LogP contribution in [-0.4, -0.2) is 42.5 Å². The highest BCUT2D eigenvalue weighted by Crippen LogP contribution is 2.20. The molecule has 6 heteroatoms. The predicted octanol–water partition coefficient (Wildman–Crippen LogP) is 5.11. The van der Waals surface area contributed by atoms with Crippen LogP contribution in [0.4, 0.5) is 0 Å². The molecule has 2 amide bonds. The molecule has 184 valence electrons. The van der Waals surface area contributed by atoms with Crippen molar-refractivity contribution < 1.29 is 19.1 Å². The van der Waals surface area contributed by atoms with Crippen molar-refractivity contribution in [2.45, 2.75) is 76.9 Å². The van der Waals surface area contributed by atoms with Gasteiger partial charge in [0.25, 0.3) is 0 Å². The Balaban J connectivity index is 1.65. The van der Waals surface area contributed by atoms with Gasteiger partial charge in [-0.15, -0.1) is 0 Å². The van der Waals surface area contributed by atoms with Crippen LogP contribution in [0.1, 0.15) is 63.9 Å². The number of hydrogen-bond acceptors (Lipinski definition) is 4. The molecule has 1 fully saturated rings. The molecule has 0 aromatic heterocycles. The van der Waals surface area contributed by atoms with Crippen LogP contribution in [0.2, 0.25) is 0 Å². The predicted molar refractivity (Wildman–Crippen MR) is 134 cm³/mol. The number of nitrogens with zero attached hydrogens (tertiary/aromatic N) is 1. The average molecular weight is 467 g/mol. The van der Waals surface area contributed by atoms with Crippen molar-refractivity contribution in [3.63, 3.8) is 0 Å². The van der Waals surface area contributed by atoms with E-state index in [4.69, 9.17) is 9.47 Å². The molecule has 1 atom stereocenters. The molecule has 0 saturated heterocycles. The van der Waals surface area contributed by atoms with Crippen LogP contribution in [-0.2, 0) is 16.1 Å². The van der Waals surface area contributed by atoms with Crippen LogP contribution in [0.25, 0.3) is 0 Å². The van der Waals surface area contributed by atoms with E-state index in [1.165, 1.54) is 6.42 Å². The van der Waals surface area contributed by atoms with E-state index in [0.717, 1.165) is 42.7 Å². The van der Waals surface area contributed by atoms with Gasteiger partial charge in [0.15, 0.2) is 0 Å². The highest BCUT2D eigenvalue weighted by atomic mass is 16.5. The first-order valence-corrected chi connectivity index (χ1v) is 12.5. The number of carbonyl (C=O) groups excluding carboxylic acids is 2. The number of nitrogens with one attached hydrogen (secondary N) is 1. The second kappa shape index (κ2) is 13.6. The third-order valence-corrected chi connectivity index (χ3v) is 6.40. The third kappa shape index (κ3) is 7.79. The molecule has 34 heavy (non-hydrogen) atoms. The lowest BCUT2D eigenvalue weighted by Gasteiger charge is -2.33. The minimum Gasteiger partial charge on any atom is -0.497 e. The van der Waals surface area contributed by atoms with Gasteiger partial charge in [-0.1, -0.05) is 56.5 Å². The van der Waals surface area contributed by atoms with Crippen molar-refractivity contribution in [2.24, 2.45) is 0 Å². The molecule has 2 aromatic rings. The second-order valence-corrected chi connectivity index (χ2v) is 8.90. The summed E-state index contributed by atoms with van der Waals surface area (Å²) in [5, 5.41) is 3.22. The van der Waals surface area contributed by atoms with Crippen molar-refractivity contribution in [1.82, 2.24) is 10.2 Å². The van der Waals surface area contributed by atoms with Crippen LogP contribution in [0, 0.1) is 0 Å². The fourth-order valence-corrected chi connectivity index (χ4v) is 4.47. The van der Waals surface area contributed by atoms with Crippen LogP contribution in [0.15, 0.2) is 54.6 Å². The number of methoxy groups -OCH3 is 1. The van der Waals surface area contributed by atoms with Gasteiger partial charge < -0.3 is 19.7 Å². The largest absolute Gasteiger partial charge is 0.497 e. The van der Waals surface area contributed by atoms with Gasteiger partial charge in [0.1, 0.15) is 17.5 Å². The molecule has 1 aliphatic carbocycles. The Morgan fingerprint density at radius 3 is 2.35 bits per heavy atom. The van der Waals surface area contributed by atoms with Gasteiger partial charge in [0, 0.05) is 19.0 Å². The van der Waals surface area contributed by atoms with E-state index in [0.29, 0.717) is 32.4 Å². The molecular formula is C28H38N2O4. The molecule has 3 rings (SSSR count). The Labute approximate surface area is 203 Å². The molecule has 0 bridgehead atoms. The van der Waals surface area contributed by atoms with E-state index in [2.05, 4.69) is 5.32 Å². The molecule has 6 nitrogen and oxygen atoms in total. The zero-order chi connectivity index (χ0) is 24.2. The Hall–Kier alpha value is -3.02. The highest BCUT2D eigenvalue weighted by Gasteiger charge is 2.30. The maximum absolute atomic E-state index is 13.3. The lowest BCUT2D eigenvalue weighted by Crippen LogP contribution is -2.51. The smallest absolute Gasteiger partial charge is 0.243 e. The Morgan fingerprint density at radius 2 is 1.71 bits per heavy atom. The highest BCUT2D eigenvalue weighted by molar-refractivity contribution is 5.87. The normalized spacial score (nSPS) is 14.8. The molecule has 1 saturated carbocycles. The topological polar surface area (TPSA) is 67.9 Å². The summed E-state index contributed by atoms with van der Waals surface area (Å²) in [7, 11) is 1.63. The van der Waals surface area contributed by atoms with Crippen molar-refractivity contribution >= 4 is 11.8 Å². The van der Waals surface area contributed by atoms with Gasteiger partial charge in [-0.3, -0.25) is 9.59 Å². The summed E-state index contributed by atoms with van der Waals surface area (Å²) in [5.41, 5.74) is 0.971. The summed E-state index contributed by atoms with van der Waals surface area (Å²) in [4.78, 5) is 28.3. The second-order valence-electron chi connectivity index (χ2n) is 8.90. The lowest BCUT2D eigenvalue weighted by atomic mass is 9.95. The van der Waals surface area contributed by atoms with Crippen LogP contribution < -0.4 is 14.8 Å². The summed E-state index contributed by atoms with van der Waals surface area (Å²) in [5.74, 6) is 1.49. The van der Waals surface area contributed by atoms with Gasteiger partial charge in [-0.2, -0.15) is 0 Å². The Morgan fingerprint density at radius 1 is 1.00 bits per heavy atom. The molecular weight excluding hydrogens is 428 g/mol. The standard InChI is InChI=1S/C28H38N2O4/c1-3-26(28(32)29-23-11-6-4-7-12-23)30(21-22-16-18-24(33-2)19-17-22)27(31)15-10-20-34-25-13-8-5-9-14-25/h5,8-9,13-14,16-19,23,26H,3-4,6-7,10-12,15,20-21H2,1-2H3,(H,29,32)/t26-/m0/s1. The van der Waals surface area contributed by atoms with Crippen molar-refractivity contribution in [1.29, 1.82) is 0 Å². The summed E-state index contributed by atoms with van der Waals surface area (Å²) < 4.78 is 11.0. The summed E-state index contributed by atoms with van der Waals surface area (Å²) in [6, 6.07) is 17.0. The van der Waals surface area contributed by atoms with E-state index in [1.54, 1.807) is 12.0 Å². The number of para-hydroxylation sites is 1. The zero-order valence-electron chi connectivity index (χ0n) is 20.5. The average Bonchev–Trinajstić information content (AvgIpc) is 2.88. The van der Waals surface area contributed by atoms with E-state index in [1.807, 2.05) is 61.5 Å². The number of amides is 2. The monoisotopic (exact) mass is 466 g/mol. The van der Waals surface area contributed by atoms with E-state index >= 15 is 0 Å². The van der Waals surface area contributed by atoms with Gasteiger partial charge in [-0.05, 0) is 55.5 Å². The number of hydrogen-bond donors (Lipinski definition) is 1. The fourth-order valence-electron chi connectivity index (χ4n) is 4.47. The number of benzene rings is 2. The van der Waals surface area contributed by atoms with Crippen molar-refractivity contribution in [3.05, 3.63) is 60.2 Å². The number of carbonyl (C=O) groups is 2. The van der Waals surface area contributed by atoms with Crippen molar-refractivity contribution in [3.8, 4) is 11.5 Å². The first-order chi connectivity index (χ1) is 16.6. The summed E-state index contributed by atoms with van der Waals surface area (Å²) in [6.07, 6.45) is 7.06. The molecule has 2 aromatic carbocycles. The van der Waals surface area contributed by atoms with E-state index in [9.17, 15) is 9.59 Å². The van der Waals surface area contributed by atoms with Crippen molar-refractivity contribution in [2.75, 3.05) is 13.7 Å². The Bertz CT molecular complexity index is 879. The first kappa shape index (κ1) is 25.6. The minimum absolute atomic E-state index is 0.0295. The zero-order valence-corrected chi connectivity index (χ0v) is 20.5. The maximum atomic E-state index is 13.3. The van der Waals surface area contributed by atoms with Gasteiger partial charge >= 0.3 is 0 Å². The quantitative estimate of drug-likeness (QED) is 0.442. The minimum atomic E-state index is -0.494. The first-order valence-electron chi connectivity index (χ1n) is 12.5. The van der Waals surface area contributed by atoms with E-state index < -0.39 is 6.04 Å². The molecule has 0 spiro atoms. The third-order valence-electron chi connectivity index (χ3n) is 6.40. The number of rotatable bonds is 12. The van der Waals surface area contributed by atoms with Crippen LogP contribution >= 0.6 is 0 Å². The maximum Gasteiger partial charge on any atom is 0.243 e.